The molecule has 0 unspecified atom stereocenters. The summed E-state index contributed by atoms with van der Waals surface area (Å²) in [5, 5.41) is 18.1. The molecule has 0 saturated heterocycles. The van der Waals surface area contributed by atoms with E-state index in [1.807, 2.05) is 13.8 Å². The van der Waals surface area contributed by atoms with Crippen molar-refractivity contribution in [3.05, 3.63) is 11.4 Å². The van der Waals surface area contributed by atoms with Gasteiger partial charge in [-0.15, -0.1) is 0 Å². The molecule has 0 aromatic carbocycles. The molecule has 0 aliphatic heterocycles. The van der Waals surface area contributed by atoms with Gasteiger partial charge in [0.2, 0.25) is 0 Å². The molecule has 0 aliphatic carbocycles. The summed E-state index contributed by atoms with van der Waals surface area (Å²) in [5.41, 5.74) is 5.60. The van der Waals surface area contributed by atoms with E-state index in [0.717, 1.165) is 6.21 Å². The lowest BCUT2D eigenvalue weighted by molar-refractivity contribution is 0.661. The molecule has 0 heterocycles. The Morgan fingerprint density at radius 2 is 2.27 bits per heavy atom. The second-order valence-corrected chi connectivity index (χ2v) is 2.38. The van der Waals surface area contributed by atoms with Crippen LogP contribution in [0.15, 0.2) is 11.4 Å². The van der Waals surface area contributed by atoms with E-state index in [1.165, 1.54) is 0 Å². The van der Waals surface area contributed by atoms with Crippen molar-refractivity contribution in [1.82, 2.24) is 5.32 Å². The van der Waals surface area contributed by atoms with Gasteiger partial charge in [0.15, 0.2) is 0 Å². The Morgan fingerprint density at radius 1 is 1.73 bits per heavy atom. The molecular weight excluding hydrogens is 140 g/mol. The fourth-order valence-corrected chi connectivity index (χ4v) is 0.559. The van der Waals surface area contributed by atoms with E-state index >= 15 is 0 Å². The van der Waals surface area contributed by atoms with Crippen LogP contribution in [-0.4, -0.2) is 12.3 Å². The number of nitrogens with one attached hydrogen (secondary N) is 2. The van der Waals surface area contributed by atoms with E-state index in [0.29, 0.717) is 0 Å². The topological polar surface area (TPSA) is 85.7 Å². The zero-order chi connectivity index (χ0) is 8.85. The van der Waals surface area contributed by atoms with Crippen LogP contribution < -0.4 is 11.1 Å². The van der Waals surface area contributed by atoms with E-state index in [1.54, 1.807) is 6.07 Å². The molecule has 60 valence electrons. The molecule has 0 atom stereocenters. The summed E-state index contributed by atoms with van der Waals surface area (Å²) in [6, 6.07) is 1.98. The van der Waals surface area contributed by atoms with Crippen molar-refractivity contribution < 1.29 is 0 Å². The van der Waals surface area contributed by atoms with Gasteiger partial charge in [-0.05, 0) is 13.8 Å². The second kappa shape index (κ2) is 4.34. The number of rotatable bonds is 3. The van der Waals surface area contributed by atoms with Crippen molar-refractivity contribution in [1.29, 1.82) is 10.7 Å². The maximum Gasteiger partial charge on any atom is 0.116 e. The fraction of sp³-hybridized carbons (Fsp3) is 0.429. The first-order chi connectivity index (χ1) is 5.11. The molecule has 4 nitrogen and oxygen atoms in total. The SMILES string of the molecule is CC(C)N/C(N)=C(/C#N)C=N. The molecule has 0 aromatic heterocycles. The molecule has 4 heteroatoms. The number of allylic oxidation sites excluding steroid dienone is 1. The van der Waals surface area contributed by atoms with Gasteiger partial charge in [-0.3, -0.25) is 0 Å². The Bertz CT molecular complexity index is 209. The molecule has 0 saturated carbocycles. The molecule has 4 N–H and O–H groups in total. The minimum Gasteiger partial charge on any atom is -0.384 e. The number of nitrogens with zero attached hydrogens (tertiary/aromatic N) is 1. The van der Waals surface area contributed by atoms with Gasteiger partial charge in [0.05, 0.1) is 0 Å². The smallest absolute Gasteiger partial charge is 0.116 e. The lowest BCUT2D eigenvalue weighted by atomic mass is 10.3. The van der Waals surface area contributed by atoms with Crippen LogP contribution in [0.2, 0.25) is 0 Å². The Balaban J connectivity index is 4.39. The summed E-state index contributed by atoms with van der Waals surface area (Å²) in [4.78, 5) is 0. The predicted octanol–water partition coefficient (Wildman–Crippen LogP) is 0.328. The lowest BCUT2D eigenvalue weighted by Crippen LogP contribution is -2.28. The van der Waals surface area contributed by atoms with E-state index in [9.17, 15) is 0 Å². The van der Waals surface area contributed by atoms with Crippen LogP contribution in [0.3, 0.4) is 0 Å². The van der Waals surface area contributed by atoms with Gasteiger partial charge >= 0.3 is 0 Å². The number of nitrogens with two attached hydrogens (primary N) is 1. The number of hydrogen-bond donors (Lipinski definition) is 3. The van der Waals surface area contributed by atoms with Crippen LogP contribution in [-0.2, 0) is 0 Å². The van der Waals surface area contributed by atoms with Gasteiger partial charge in [-0.25, -0.2) is 0 Å². The third-order valence-electron chi connectivity index (χ3n) is 0.999. The third kappa shape index (κ3) is 3.26. The highest BCUT2D eigenvalue weighted by Gasteiger charge is 1.99. The van der Waals surface area contributed by atoms with E-state index < -0.39 is 0 Å². The Labute approximate surface area is 66.2 Å². The van der Waals surface area contributed by atoms with Gasteiger partial charge in [0, 0.05) is 12.3 Å². The molecule has 0 radical (unpaired) electrons. The Morgan fingerprint density at radius 3 is 2.55 bits per heavy atom. The largest absolute Gasteiger partial charge is 0.384 e. The van der Waals surface area contributed by atoms with Crippen molar-refractivity contribution in [3.8, 4) is 6.07 Å². The standard InChI is InChI=1S/C7H12N4/c1-5(2)11-7(10)6(3-8)4-9/h3,5,8,11H,10H2,1-2H3/b7-6+,8-3?. The molecular formula is C7H12N4. The summed E-state index contributed by atoms with van der Waals surface area (Å²) >= 11 is 0. The molecule has 0 aliphatic rings. The zero-order valence-electron chi connectivity index (χ0n) is 6.68. The number of nitriles is 1. The maximum atomic E-state index is 8.43. The normalized spacial score (nSPS) is 11.8. The Kier molecular flexibility index (Phi) is 3.75. The zero-order valence-corrected chi connectivity index (χ0v) is 6.68. The van der Waals surface area contributed by atoms with Crippen molar-refractivity contribution in [3.63, 3.8) is 0 Å². The molecule has 0 aromatic rings. The molecule has 0 rings (SSSR count). The third-order valence-corrected chi connectivity index (χ3v) is 0.999. The van der Waals surface area contributed by atoms with Crippen LogP contribution in [0.25, 0.3) is 0 Å². The average Bonchev–Trinajstić information content (AvgIpc) is 1.88. The van der Waals surface area contributed by atoms with Crippen molar-refractivity contribution >= 4 is 6.21 Å². The van der Waals surface area contributed by atoms with Gasteiger partial charge < -0.3 is 16.5 Å². The minimum atomic E-state index is 0.165. The predicted molar refractivity (Wildman–Crippen MR) is 43.9 cm³/mol. The maximum absolute atomic E-state index is 8.43. The summed E-state index contributed by atoms with van der Waals surface area (Å²) in [6.45, 7) is 3.82. The van der Waals surface area contributed by atoms with Gasteiger partial charge in [0.25, 0.3) is 0 Å². The quantitative estimate of drug-likeness (QED) is 0.402. The monoisotopic (exact) mass is 152 g/mol. The second-order valence-electron chi connectivity index (χ2n) is 2.38. The summed E-state index contributed by atoms with van der Waals surface area (Å²) in [5.74, 6) is 0.262. The van der Waals surface area contributed by atoms with Gasteiger partial charge in [-0.2, -0.15) is 5.26 Å². The molecule has 0 fully saturated rings. The van der Waals surface area contributed by atoms with Crippen LogP contribution in [0.1, 0.15) is 13.8 Å². The van der Waals surface area contributed by atoms with Gasteiger partial charge in [0.1, 0.15) is 17.5 Å². The van der Waals surface area contributed by atoms with E-state index in [-0.39, 0.29) is 17.4 Å². The number of hydrogen-bond acceptors (Lipinski definition) is 4. The molecule has 0 bridgehead atoms. The van der Waals surface area contributed by atoms with Crippen LogP contribution in [0.5, 0.6) is 0 Å². The summed E-state index contributed by atoms with van der Waals surface area (Å²) < 4.78 is 0. The van der Waals surface area contributed by atoms with Gasteiger partial charge in [-0.1, -0.05) is 0 Å². The fourth-order valence-electron chi connectivity index (χ4n) is 0.559. The Hall–Kier alpha value is -1.50. The highest BCUT2D eigenvalue weighted by atomic mass is 15.0. The van der Waals surface area contributed by atoms with Crippen LogP contribution in [0, 0.1) is 16.7 Å². The first-order valence-electron chi connectivity index (χ1n) is 3.28. The highest BCUT2D eigenvalue weighted by molar-refractivity contribution is 5.81. The minimum absolute atomic E-state index is 0.165. The van der Waals surface area contributed by atoms with Crippen molar-refractivity contribution in [2.45, 2.75) is 19.9 Å². The van der Waals surface area contributed by atoms with Crippen molar-refractivity contribution in [2.75, 3.05) is 0 Å². The summed E-state index contributed by atoms with van der Waals surface area (Å²) in [7, 11) is 0. The summed E-state index contributed by atoms with van der Waals surface area (Å²) in [6.07, 6.45) is 0.935. The van der Waals surface area contributed by atoms with Crippen molar-refractivity contribution in [2.24, 2.45) is 5.73 Å². The first kappa shape index (κ1) is 9.50. The molecule has 0 spiro atoms. The van der Waals surface area contributed by atoms with E-state index in [2.05, 4.69) is 5.32 Å². The van der Waals surface area contributed by atoms with Crippen LogP contribution >= 0.6 is 0 Å². The van der Waals surface area contributed by atoms with Crippen LogP contribution in [0.4, 0.5) is 0 Å². The highest BCUT2D eigenvalue weighted by Crippen LogP contribution is 1.91. The molecule has 0 amide bonds. The average molecular weight is 152 g/mol. The molecule has 11 heavy (non-hydrogen) atoms. The van der Waals surface area contributed by atoms with E-state index in [4.69, 9.17) is 16.4 Å². The first-order valence-corrected chi connectivity index (χ1v) is 3.28. The lowest BCUT2D eigenvalue weighted by Gasteiger charge is -2.09.